The van der Waals surface area contributed by atoms with Crippen molar-refractivity contribution in [2.24, 2.45) is 0 Å². The summed E-state index contributed by atoms with van der Waals surface area (Å²) in [6.07, 6.45) is 3.97. The Balaban J connectivity index is 1.21. The van der Waals surface area contributed by atoms with Crippen LogP contribution in [0.1, 0.15) is 49.6 Å². The van der Waals surface area contributed by atoms with Crippen LogP contribution in [-0.4, -0.2) is 37.9 Å². The van der Waals surface area contributed by atoms with Gasteiger partial charge in [0.1, 0.15) is 0 Å². The van der Waals surface area contributed by atoms with Crippen molar-refractivity contribution in [2.75, 3.05) is 5.75 Å². The first-order valence-electron chi connectivity index (χ1n) is 10.5. The number of carbonyl (C=O) groups excluding carboxylic acids is 1. The molecule has 1 amide bonds. The van der Waals surface area contributed by atoms with Gasteiger partial charge in [0.2, 0.25) is 17.7 Å². The van der Waals surface area contributed by atoms with E-state index in [0.29, 0.717) is 34.8 Å². The van der Waals surface area contributed by atoms with Crippen molar-refractivity contribution in [1.29, 1.82) is 0 Å². The summed E-state index contributed by atoms with van der Waals surface area (Å²) >= 11 is 1.38. The summed E-state index contributed by atoms with van der Waals surface area (Å²) in [5, 5.41) is 12.1. The van der Waals surface area contributed by atoms with Crippen LogP contribution in [0.15, 0.2) is 50.8 Å². The zero-order valence-electron chi connectivity index (χ0n) is 17.3. The second-order valence-electron chi connectivity index (χ2n) is 7.72. The number of aromatic nitrogens is 4. The van der Waals surface area contributed by atoms with E-state index < -0.39 is 0 Å². The normalized spacial score (nSPS) is 18.6. The first-order valence-corrected chi connectivity index (χ1v) is 11.4. The van der Waals surface area contributed by atoms with E-state index in [-0.39, 0.29) is 23.4 Å². The van der Waals surface area contributed by atoms with E-state index in [1.165, 1.54) is 17.8 Å². The van der Waals surface area contributed by atoms with Crippen LogP contribution in [0.25, 0.3) is 11.5 Å². The highest BCUT2D eigenvalue weighted by Gasteiger charge is 2.27. The van der Waals surface area contributed by atoms with E-state index in [4.69, 9.17) is 4.42 Å². The second-order valence-corrected chi connectivity index (χ2v) is 8.80. The molecule has 8 nitrogen and oxygen atoms in total. The maximum absolute atomic E-state index is 12.3. The van der Waals surface area contributed by atoms with Crippen LogP contribution in [-0.2, 0) is 4.79 Å². The van der Waals surface area contributed by atoms with Crippen molar-refractivity contribution in [3.05, 3.63) is 58.3 Å². The fraction of sp³-hybridized carbons (Fsp3) is 0.409. The van der Waals surface area contributed by atoms with E-state index in [2.05, 4.69) is 25.5 Å². The molecule has 2 aromatic heterocycles. The number of benzene rings is 1. The number of aromatic amines is 1. The lowest BCUT2D eigenvalue weighted by Crippen LogP contribution is -2.37. The third-order valence-electron chi connectivity index (χ3n) is 5.32. The van der Waals surface area contributed by atoms with Crippen LogP contribution in [0, 0.1) is 6.92 Å². The molecule has 3 aromatic rings. The minimum Gasteiger partial charge on any atom is -0.420 e. The van der Waals surface area contributed by atoms with E-state index in [1.807, 2.05) is 30.3 Å². The summed E-state index contributed by atoms with van der Waals surface area (Å²) in [5.74, 6) is 2.05. The van der Waals surface area contributed by atoms with Gasteiger partial charge in [-0.25, -0.2) is 4.98 Å². The first-order chi connectivity index (χ1) is 15.1. The molecule has 162 valence electrons. The van der Waals surface area contributed by atoms with Gasteiger partial charge in [0, 0.05) is 41.5 Å². The lowest BCUT2D eigenvalue weighted by Gasteiger charge is -2.27. The van der Waals surface area contributed by atoms with Gasteiger partial charge in [0.15, 0.2) is 5.16 Å². The summed E-state index contributed by atoms with van der Waals surface area (Å²) in [6, 6.07) is 11.4. The topological polar surface area (TPSA) is 114 Å². The van der Waals surface area contributed by atoms with E-state index in [0.717, 1.165) is 31.2 Å². The smallest absolute Gasteiger partial charge is 0.251 e. The van der Waals surface area contributed by atoms with Crippen molar-refractivity contribution in [3.63, 3.8) is 0 Å². The lowest BCUT2D eigenvalue weighted by molar-refractivity contribution is -0.121. The largest absolute Gasteiger partial charge is 0.420 e. The third kappa shape index (κ3) is 5.81. The Hall–Kier alpha value is -2.94. The molecule has 0 unspecified atom stereocenters. The monoisotopic (exact) mass is 439 g/mol. The molecular formula is C22H25N5O3S. The average molecular weight is 440 g/mol. The molecule has 1 fully saturated rings. The Bertz CT molecular complexity index is 1070. The van der Waals surface area contributed by atoms with Crippen LogP contribution in [0.2, 0.25) is 0 Å². The molecule has 1 aromatic carbocycles. The van der Waals surface area contributed by atoms with E-state index in [9.17, 15) is 9.59 Å². The Labute approximate surface area is 184 Å². The summed E-state index contributed by atoms with van der Waals surface area (Å²) in [7, 11) is 0. The molecule has 0 atom stereocenters. The Morgan fingerprint density at radius 3 is 2.71 bits per heavy atom. The number of hydrogen-bond acceptors (Lipinski definition) is 7. The number of hydrogen-bond donors (Lipinski definition) is 2. The van der Waals surface area contributed by atoms with Crippen LogP contribution < -0.4 is 10.9 Å². The highest BCUT2D eigenvalue weighted by atomic mass is 32.2. The fourth-order valence-electron chi connectivity index (χ4n) is 3.74. The van der Waals surface area contributed by atoms with Crippen LogP contribution in [0.3, 0.4) is 0 Å². The summed E-state index contributed by atoms with van der Waals surface area (Å²) in [6.45, 7) is 1.78. The summed E-state index contributed by atoms with van der Waals surface area (Å²) in [5.41, 5.74) is 1.42. The van der Waals surface area contributed by atoms with Gasteiger partial charge in [0.25, 0.3) is 5.56 Å². The minimum atomic E-state index is -0.173. The van der Waals surface area contributed by atoms with Gasteiger partial charge in [-0.3, -0.25) is 9.59 Å². The maximum Gasteiger partial charge on any atom is 0.251 e. The zero-order chi connectivity index (χ0) is 21.6. The first kappa shape index (κ1) is 21.3. The maximum atomic E-state index is 12.3. The molecule has 0 bridgehead atoms. The molecular weight excluding hydrogens is 414 g/mol. The molecule has 31 heavy (non-hydrogen) atoms. The van der Waals surface area contributed by atoms with Gasteiger partial charge in [0.05, 0.1) is 0 Å². The minimum absolute atomic E-state index is 0.0232. The van der Waals surface area contributed by atoms with Crippen molar-refractivity contribution in [2.45, 2.75) is 56.1 Å². The predicted molar refractivity (Wildman–Crippen MR) is 118 cm³/mol. The quantitative estimate of drug-likeness (QED) is 0.428. The molecule has 9 heteroatoms. The van der Waals surface area contributed by atoms with Crippen LogP contribution >= 0.6 is 11.8 Å². The van der Waals surface area contributed by atoms with Gasteiger partial charge in [-0.15, -0.1) is 10.2 Å². The molecule has 2 heterocycles. The van der Waals surface area contributed by atoms with Crippen molar-refractivity contribution >= 4 is 17.7 Å². The van der Waals surface area contributed by atoms with Crippen molar-refractivity contribution < 1.29 is 9.21 Å². The Kier molecular flexibility index (Phi) is 6.81. The summed E-state index contributed by atoms with van der Waals surface area (Å²) in [4.78, 5) is 30.7. The fourth-order valence-corrected chi connectivity index (χ4v) is 4.60. The highest BCUT2D eigenvalue weighted by Crippen LogP contribution is 2.33. The van der Waals surface area contributed by atoms with Gasteiger partial charge in [-0.2, -0.15) is 0 Å². The van der Waals surface area contributed by atoms with Gasteiger partial charge in [-0.05, 0) is 44.7 Å². The Morgan fingerprint density at radius 2 is 1.97 bits per heavy atom. The lowest BCUT2D eigenvalue weighted by atomic mass is 9.86. The highest BCUT2D eigenvalue weighted by molar-refractivity contribution is 7.99. The number of thioether (sulfide) groups is 1. The number of carbonyl (C=O) groups is 1. The van der Waals surface area contributed by atoms with Crippen LogP contribution in [0.4, 0.5) is 0 Å². The number of amides is 1. The molecule has 1 aliphatic carbocycles. The molecule has 1 aliphatic rings. The van der Waals surface area contributed by atoms with Crippen molar-refractivity contribution in [1.82, 2.24) is 25.5 Å². The van der Waals surface area contributed by atoms with Gasteiger partial charge in [-0.1, -0.05) is 30.0 Å². The summed E-state index contributed by atoms with van der Waals surface area (Å²) < 4.78 is 5.89. The number of rotatable bonds is 7. The third-order valence-corrected chi connectivity index (χ3v) is 6.19. The average Bonchev–Trinajstić information content (AvgIpc) is 3.24. The molecule has 0 aliphatic heterocycles. The SMILES string of the molecule is Cc1cc(=O)[nH]c(SCCC(=O)NC2CCC(c3nnc(-c4ccccc4)o3)CC2)n1. The van der Waals surface area contributed by atoms with Crippen molar-refractivity contribution in [3.8, 4) is 11.5 Å². The molecule has 1 saturated carbocycles. The predicted octanol–water partition coefficient (Wildman–Crippen LogP) is 3.45. The molecule has 0 radical (unpaired) electrons. The van der Waals surface area contributed by atoms with Crippen LogP contribution in [0.5, 0.6) is 0 Å². The number of nitrogens with one attached hydrogen (secondary N) is 2. The van der Waals surface area contributed by atoms with E-state index >= 15 is 0 Å². The number of H-pyrrole nitrogens is 1. The zero-order valence-corrected chi connectivity index (χ0v) is 18.2. The molecule has 2 N–H and O–H groups in total. The number of aryl methyl sites for hydroxylation is 1. The standard InChI is InChI=1S/C22H25N5O3S/c1-14-13-19(29)25-22(23-14)31-12-11-18(28)24-17-9-7-16(8-10-17)21-27-26-20(30-21)15-5-3-2-4-6-15/h2-6,13,16-17H,7-12H2,1H3,(H,24,28)(H,23,25,29). The molecule has 0 spiro atoms. The van der Waals surface area contributed by atoms with E-state index in [1.54, 1.807) is 6.92 Å². The second kappa shape index (κ2) is 9.91. The van der Waals surface area contributed by atoms with Gasteiger partial charge < -0.3 is 14.7 Å². The van der Waals surface area contributed by atoms with Gasteiger partial charge >= 0.3 is 0 Å². The molecule has 4 rings (SSSR count). The molecule has 0 saturated heterocycles. The number of nitrogens with zero attached hydrogens (tertiary/aromatic N) is 3. The Morgan fingerprint density at radius 1 is 1.19 bits per heavy atom.